The second-order valence-corrected chi connectivity index (χ2v) is 2.81. The van der Waals surface area contributed by atoms with E-state index < -0.39 is 37.3 Å². The zero-order chi connectivity index (χ0) is 9.30. The van der Waals surface area contributed by atoms with E-state index in [0.29, 0.717) is 0 Å². The van der Waals surface area contributed by atoms with Crippen molar-refractivity contribution in [1.29, 1.82) is 0 Å². The maximum absolute atomic E-state index is 9.24. The lowest BCUT2D eigenvalue weighted by atomic mass is 9.97. The summed E-state index contributed by atoms with van der Waals surface area (Å²) in [5.41, 5.74) is 5.33. The quantitative estimate of drug-likeness (QED) is 0.322. The van der Waals surface area contributed by atoms with Crippen molar-refractivity contribution in [3.63, 3.8) is 0 Å². The minimum atomic E-state index is -1.44. The lowest BCUT2D eigenvalue weighted by molar-refractivity contribution is -0.258. The molecule has 5 unspecified atom stereocenters. The highest BCUT2D eigenvalue weighted by molar-refractivity contribution is 5.85. The van der Waals surface area contributed by atoms with Crippen molar-refractivity contribution in [2.24, 2.45) is 5.73 Å². The summed E-state index contributed by atoms with van der Waals surface area (Å²) in [4.78, 5) is 0. The molecule has 0 radical (unpaired) electrons. The maximum Gasteiger partial charge on any atom is 0.183 e. The van der Waals surface area contributed by atoms with Gasteiger partial charge in [0.2, 0.25) is 0 Å². The Morgan fingerprint density at radius 1 is 1.15 bits per heavy atom. The van der Waals surface area contributed by atoms with Gasteiger partial charge >= 0.3 is 0 Å². The number of rotatable bonds is 1. The van der Waals surface area contributed by atoms with E-state index >= 15 is 0 Å². The van der Waals surface area contributed by atoms with Crippen molar-refractivity contribution in [1.82, 2.24) is 0 Å². The third-order valence-corrected chi connectivity index (χ3v) is 1.96. The normalized spacial score (nSPS) is 45.5. The van der Waals surface area contributed by atoms with Gasteiger partial charge in [0.25, 0.3) is 0 Å². The SMILES string of the molecule is Cl.NC1C(O)C(O)OC(CO)C1O. The van der Waals surface area contributed by atoms with E-state index in [1.807, 2.05) is 0 Å². The molecule has 1 fully saturated rings. The second-order valence-electron chi connectivity index (χ2n) is 2.81. The van der Waals surface area contributed by atoms with Gasteiger partial charge in [0.05, 0.1) is 12.6 Å². The fraction of sp³-hybridized carbons (Fsp3) is 1.00. The first kappa shape index (κ1) is 13.1. The van der Waals surface area contributed by atoms with Gasteiger partial charge in [-0.05, 0) is 0 Å². The number of nitrogens with two attached hydrogens (primary N) is 1. The van der Waals surface area contributed by atoms with Crippen LogP contribution in [-0.2, 0) is 4.74 Å². The van der Waals surface area contributed by atoms with E-state index in [-0.39, 0.29) is 12.4 Å². The van der Waals surface area contributed by atoms with Crippen molar-refractivity contribution < 1.29 is 25.2 Å². The molecule has 0 aromatic heterocycles. The van der Waals surface area contributed by atoms with Crippen LogP contribution in [0.4, 0.5) is 0 Å². The largest absolute Gasteiger partial charge is 0.394 e. The molecule has 1 aliphatic rings. The molecule has 0 aromatic rings. The third kappa shape index (κ3) is 2.50. The third-order valence-electron chi connectivity index (χ3n) is 1.96. The molecule has 6 N–H and O–H groups in total. The Bertz CT molecular complexity index is 155. The van der Waals surface area contributed by atoms with Crippen LogP contribution in [0.25, 0.3) is 0 Å². The molecule has 0 amide bonds. The number of hydrogen-bond donors (Lipinski definition) is 5. The van der Waals surface area contributed by atoms with Crippen LogP contribution in [-0.4, -0.2) is 57.7 Å². The summed E-state index contributed by atoms with van der Waals surface area (Å²) in [7, 11) is 0. The molecule has 0 bridgehead atoms. The Kier molecular flexibility index (Phi) is 5.08. The minimum Gasteiger partial charge on any atom is -0.394 e. The van der Waals surface area contributed by atoms with Crippen LogP contribution in [0.1, 0.15) is 0 Å². The standard InChI is InChI=1S/C6H13NO5.ClH/c7-3-4(9)2(1-8)12-6(11)5(3)10;/h2-6,8-11H,1,7H2;1H. The van der Waals surface area contributed by atoms with Crippen LogP contribution in [0.2, 0.25) is 0 Å². The Labute approximate surface area is 81.3 Å². The molecule has 6 nitrogen and oxygen atoms in total. The highest BCUT2D eigenvalue weighted by Gasteiger charge is 2.41. The average Bonchev–Trinajstić information content (AvgIpc) is 2.08. The van der Waals surface area contributed by atoms with Crippen LogP contribution in [0.3, 0.4) is 0 Å². The number of halogens is 1. The van der Waals surface area contributed by atoms with Gasteiger partial charge in [-0.15, -0.1) is 12.4 Å². The number of ether oxygens (including phenoxy) is 1. The molecular formula is C6H14ClNO5. The Balaban J connectivity index is 0.00000144. The first-order valence-electron chi connectivity index (χ1n) is 3.64. The van der Waals surface area contributed by atoms with Gasteiger partial charge in [0.15, 0.2) is 6.29 Å². The molecule has 1 aliphatic heterocycles. The summed E-state index contributed by atoms with van der Waals surface area (Å²) in [6, 6.07) is -0.995. The van der Waals surface area contributed by atoms with Crippen LogP contribution < -0.4 is 5.73 Å². The highest BCUT2D eigenvalue weighted by Crippen LogP contribution is 2.17. The summed E-state index contributed by atoms with van der Waals surface area (Å²) < 4.78 is 4.66. The molecule has 80 valence electrons. The first-order valence-corrected chi connectivity index (χ1v) is 3.64. The zero-order valence-electron chi connectivity index (χ0n) is 6.78. The first-order chi connectivity index (χ1) is 5.57. The van der Waals surface area contributed by atoms with Gasteiger partial charge in [-0.25, -0.2) is 0 Å². The van der Waals surface area contributed by atoms with E-state index in [9.17, 15) is 5.11 Å². The van der Waals surface area contributed by atoms with Crippen molar-refractivity contribution in [3.8, 4) is 0 Å². The Morgan fingerprint density at radius 3 is 2.15 bits per heavy atom. The van der Waals surface area contributed by atoms with Crippen molar-refractivity contribution in [2.45, 2.75) is 30.6 Å². The Morgan fingerprint density at radius 2 is 1.69 bits per heavy atom. The lowest BCUT2D eigenvalue weighted by Gasteiger charge is -2.38. The molecule has 0 spiro atoms. The van der Waals surface area contributed by atoms with Crippen molar-refractivity contribution in [3.05, 3.63) is 0 Å². The summed E-state index contributed by atoms with van der Waals surface area (Å²) >= 11 is 0. The molecule has 1 rings (SSSR count). The van der Waals surface area contributed by atoms with E-state index in [1.54, 1.807) is 0 Å². The van der Waals surface area contributed by atoms with E-state index in [1.165, 1.54) is 0 Å². The molecule has 1 saturated heterocycles. The van der Waals surface area contributed by atoms with Crippen molar-refractivity contribution >= 4 is 12.4 Å². The fourth-order valence-electron chi connectivity index (χ4n) is 1.13. The molecule has 5 atom stereocenters. The second kappa shape index (κ2) is 5.06. The minimum absolute atomic E-state index is 0. The highest BCUT2D eigenvalue weighted by atomic mass is 35.5. The lowest BCUT2D eigenvalue weighted by Crippen LogP contribution is -2.62. The summed E-state index contributed by atoms with van der Waals surface area (Å²) in [6.07, 6.45) is -4.85. The predicted molar refractivity (Wildman–Crippen MR) is 45.2 cm³/mol. The van der Waals surface area contributed by atoms with Gasteiger partial charge < -0.3 is 30.9 Å². The van der Waals surface area contributed by atoms with Gasteiger partial charge in [0, 0.05) is 0 Å². The Hall–Kier alpha value is 0.0500. The number of hydrogen-bond acceptors (Lipinski definition) is 6. The van der Waals surface area contributed by atoms with E-state index in [0.717, 1.165) is 0 Å². The smallest absolute Gasteiger partial charge is 0.183 e. The van der Waals surface area contributed by atoms with Gasteiger partial charge in [-0.3, -0.25) is 0 Å². The van der Waals surface area contributed by atoms with E-state index in [2.05, 4.69) is 4.74 Å². The van der Waals surface area contributed by atoms with Gasteiger partial charge in [-0.2, -0.15) is 0 Å². The predicted octanol–water partition coefficient (Wildman–Crippen LogP) is -2.83. The number of aliphatic hydroxyl groups excluding tert-OH is 4. The summed E-state index contributed by atoms with van der Waals surface area (Å²) in [6.45, 7) is -0.446. The molecule has 0 aromatic carbocycles. The molecule has 0 saturated carbocycles. The van der Waals surface area contributed by atoms with Crippen LogP contribution >= 0.6 is 12.4 Å². The molecule has 0 aliphatic carbocycles. The number of aliphatic hydroxyl groups is 4. The van der Waals surface area contributed by atoms with Crippen molar-refractivity contribution in [2.75, 3.05) is 6.61 Å². The summed E-state index contributed by atoms with van der Waals surface area (Å²) in [5, 5.41) is 36.0. The summed E-state index contributed by atoms with van der Waals surface area (Å²) in [5.74, 6) is 0. The average molecular weight is 216 g/mol. The zero-order valence-corrected chi connectivity index (χ0v) is 7.59. The molecule has 7 heteroatoms. The van der Waals surface area contributed by atoms with Gasteiger partial charge in [-0.1, -0.05) is 0 Å². The van der Waals surface area contributed by atoms with E-state index in [4.69, 9.17) is 21.1 Å². The topological polar surface area (TPSA) is 116 Å². The van der Waals surface area contributed by atoms with Crippen LogP contribution in [0.15, 0.2) is 0 Å². The van der Waals surface area contributed by atoms with Gasteiger partial charge in [0.1, 0.15) is 18.3 Å². The molecule has 13 heavy (non-hydrogen) atoms. The maximum atomic E-state index is 9.24. The monoisotopic (exact) mass is 215 g/mol. The van der Waals surface area contributed by atoms with Crippen LogP contribution in [0, 0.1) is 0 Å². The molecular weight excluding hydrogens is 202 g/mol. The van der Waals surface area contributed by atoms with Crippen LogP contribution in [0.5, 0.6) is 0 Å². The molecule has 1 heterocycles. The fourth-order valence-corrected chi connectivity index (χ4v) is 1.13.